The molecule has 0 spiro atoms. The van der Waals surface area contributed by atoms with Crippen LogP contribution in [-0.4, -0.2) is 9.97 Å². The quantitative estimate of drug-likeness (QED) is 0.526. The average molecular weight is 386 g/mol. The molecule has 2 N–H and O–H groups in total. The van der Waals surface area contributed by atoms with Crippen molar-refractivity contribution in [2.24, 2.45) is 0 Å². The molecule has 0 aliphatic rings. The third kappa shape index (κ3) is 4.79. The van der Waals surface area contributed by atoms with E-state index in [9.17, 15) is 13.2 Å². The zero-order valence-corrected chi connectivity index (χ0v) is 15.6. The second kappa shape index (κ2) is 8.29. The van der Waals surface area contributed by atoms with Gasteiger partial charge < -0.3 is 10.6 Å². The summed E-state index contributed by atoms with van der Waals surface area (Å²) in [6.45, 7) is 3.92. The molecule has 0 amide bonds. The Hall–Kier alpha value is -3.09. The first-order valence-corrected chi connectivity index (χ1v) is 8.99. The number of anilines is 4. The van der Waals surface area contributed by atoms with Crippen LogP contribution in [-0.2, 0) is 12.6 Å². The van der Waals surface area contributed by atoms with E-state index < -0.39 is 11.7 Å². The van der Waals surface area contributed by atoms with E-state index in [-0.39, 0.29) is 11.8 Å². The zero-order chi connectivity index (χ0) is 20.1. The molecular formula is C21H21F3N4. The summed E-state index contributed by atoms with van der Waals surface area (Å²) in [5, 5.41) is 5.75. The predicted molar refractivity (Wildman–Crippen MR) is 105 cm³/mol. The van der Waals surface area contributed by atoms with Crippen LogP contribution >= 0.6 is 0 Å². The van der Waals surface area contributed by atoms with Gasteiger partial charge in [-0.25, -0.2) is 4.98 Å². The molecule has 0 aliphatic carbocycles. The first-order valence-electron chi connectivity index (χ1n) is 8.99. The predicted octanol–water partition coefficient (Wildman–Crippen LogP) is 6.24. The van der Waals surface area contributed by atoms with Crippen LogP contribution in [0.25, 0.3) is 0 Å². The Labute approximate surface area is 161 Å². The van der Waals surface area contributed by atoms with Crippen LogP contribution in [0, 0.1) is 6.92 Å². The van der Waals surface area contributed by atoms with Gasteiger partial charge in [0.05, 0.1) is 0 Å². The molecule has 0 saturated carbocycles. The highest BCUT2D eigenvalue weighted by molar-refractivity contribution is 5.65. The van der Waals surface area contributed by atoms with Crippen molar-refractivity contribution in [2.75, 3.05) is 10.6 Å². The van der Waals surface area contributed by atoms with Gasteiger partial charge in [0.25, 0.3) is 0 Å². The number of hydrogen-bond acceptors (Lipinski definition) is 4. The molecule has 0 saturated heterocycles. The summed E-state index contributed by atoms with van der Waals surface area (Å²) in [5.74, 6) is -0.200. The van der Waals surface area contributed by atoms with Crippen molar-refractivity contribution in [3.05, 3.63) is 71.4 Å². The largest absolute Gasteiger partial charge is 0.421 e. The molecule has 0 fully saturated rings. The third-order valence-corrected chi connectivity index (χ3v) is 4.24. The second-order valence-corrected chi connectivity index (χ2v) is 6.47. The van der Waals surface area contributed by atoms with Crippen molar-refractivity contribution in [3.8, 4) is 0 Å². The number of para-hydroxylation sites is 1. The van der Waals surface area contributed by atoms with E-state index in [0.29, 0.717) is 11.4 Å². The molecule has 28 heavy (non-hydrogen) atoms. The minimum Gasteiger partial charge on any atom is -0.339 e. The van der Waals surface area contributed by atoms with E-state index in [1.54, 1.807) is 12.1 Å². The maximum absolute atomic E-state index is 13.4. The van der Waals surface area contributed by atoms with E-state index in [2.05, 4.69) is 27.5 Å². The van der Waals surface area contributed by atoms with Crippen molar-refractivity contribution in [1.29, 1.82) is 0 Å². The molecule has 3 aromatic rings. The molecule has 3 rings (SSSR count). The number of halogens is 3. The van der Waals surface area contributed by atoms with Gasteiger partial charge in [-0.3, -0.25) is 0 Å². The minimum atomic E-state index is -4.56. The monoisotopic (exact) mass is 386 g/mol. The number of benzene rings is 2. The van der Waals surface area contributed by atoms with E-state index >= 15 is 0 Å². The Balaban J connectivity index is 1.90. The maximum atomic E-state index is 13.4. The number of nitrogens with one attached hydrogen (secondary N) is 2. The lowest BCUT2D eigenvalue weighted by atomic mass is 10.1. The minimum absolute atomic E-state index is 0.0901. The highest BCUT2D eigenvalue weighted by Gasteiger charge is 2.35. The van der Waals surface area contributed by atoms with Gasteiger partial charge in [0.1, 0.15) is 11.4 Å². The van der Waals surface area contributed by atoms with E-state index in [4.69, 9.17) is 0 Å². The summed E-state index contributed by atoms with van der Waals surface area (Å²) in [7, 11) is 0. The average Bonchev–Trinajstić information content (AvgIpc) is 2.65. The summed E-state index contributed by atoms with van der Waals surface area (Å²) in [5.41, 5.74) is 2.36. The van der Waals surface area contributed by atoms with Crippen molar-refractivity contribution < 1.29 is 13.2 Å². The second-order valence-electron chi connectivity index (χ2n) is 6.47. The lowest BCUT2D eigenvalue weighted by molar-refractivity contribution is -0.137. The van der Waals surface area contributed by atoms with Crippen LogP contribution in [0.3, 0.4) is 0 Å². The standard InChI is InChI=1S/C21H21F3N4/c1-3-6-15-9-11-16(12-10-15)26-20-25-13-17(21(22,23)24)19(28-20)27-18-8-5-4-7-14(18)2/h4-5,7-13H,3,6H2,1-2H3,(H2,25,26,27,28). The van der Waals surface area contributed by atoms with Gasteiger partial charge in [-0.15, -0.1) is 0 Å². The normalized spacial score (nSPS) is 11.3. The smallest absolute Gasteiger partial charge is 0.339 e. The Morgan fingerprint density at radius 2 is 1.68 bits per heavy atom. The van der Waals surface area contributed by atoms with Crippen LogP contribution in [0.1, 0.15) is 30.0 Å². The van der Waals surface area contributed by atoms with Crippen molar-refractivity contribution in [1.82, 2.24) is 9.97 Å². The van der Waals surface area contributed by atoms with Crippen LogP contribution in [0.4, 0.5) is 36.3 Å². The molecule has 1 aromatic heterocycles. The van der Waals surface area contributed by atoms with Crippen molar-refractivity contribution in [3.63, 3.8) is 0 Å². The van der Waals surface area contributed by atoms with Gasteiger partial charge >= 0.3 is 6.18 Å². The zero-order valence-electron chi connectivity index (χ0n) is 15.6. The first kappa shape index (κ1) is 19.7. The first-order chi connectivity index (χ1) is 13.4. The molecule has 146 valence electrons. The Morgan fingerprint density at radius 3 is 2.32 bits per heavy atom. The number of nitrogens with zero attached hydrogens (tertiary/aromatic N) is 2. The van der Waals surface area contributed by atoms with Crippen molar-refractivity contribution in [2.45, 2.75) is 32.9 Å². The maximum Gasteiger partial charge on any atom is 0.421 e. The van der Waals surface area contributed by atoms with E-state index in [0.717, 1.165) is 24.6 Å². The number of aromatic nitrogens is 2. The fourth-order valence-corrected chi connectivity index (χ4v) is 2.76. The Kier molecular flexibility index (Phi) is 5.82. The summed E-state index contributed by atoms with van der Waals surface area (Å²) in [4.78, 5) is 7.92. The van der Waals surface area contributed by atoms with Gasteiger partial charge in [0.15, 0.2) is 0 Å². The summed E-state index contributed by atoms with van der Waals surface area (Å²) in [6, 6.07) is 14.8. The lowest BCUT2D eigenvalue weighted by Crippen LogP contribution is -2.13. The van der Waals surface area contributed by atoms with Gasteiger partial charge in [-0.2, -0.15) is 18.2 Å². The highest BCUT2D eigenvalue weighted by atomic mass is 19.4. The molecule has 0 radical (unpaired) electrons. The van der Waals surface area contributed by atoms with Crippen LogP contribution in [0.5, 0.6) is 0 Å². The van der Waals surface area contributed by atoms with Crippen LogP contribution in [0.2, 0.25) is 0 Å². The summed E-state index contributed by atoms with van der Waals surface area (Å²) in [6.07, 6.45) is -1.75. The SMILES string of the molecule is CCCc1ccc(Nc2ncc(C(F)(F)F)c(Nc3ccccc3C)n2)cc1. The molecule has 0 atom stereocenters. The molecule has 7 heteroatoms. The fourth-order valence-electron chi connectivity index (χ4n) is 2.76. The lowest BCUT2D eigenvalue weighted by Gasteiger charge is -2.16. The number of alkyl halides is 3. The molecular weight excluding hydrogens is 365 g/mol. The fraction of sp³-hybridized carbons (Fsp3) is 0.238. The summed E-state index contributed by atoms with van der Waals surface area (Å²) < 4.78 is 40.2. The molecule has 0 unspecified atom stereocenters. The number of rotatable bonds is 6. The molecule has 0 bridgehead atoms. The Morgan fingerprint density at radius 1 is 0.964 bits per heavy atom. The molecule has 2 aromatic carbocycles. The highest BCUT2D eigenvalue weighted by Crippen LogP contribution is 2.35. The molecule has 0 aliphatic heterocycles. The number of aryl methyl sites for hydroxylation is 2. The summed E-state index contributed by atoms with van der Waals surface area (Å²) >= 11 is 0. The number of hydrogen-bond donors (Lipinski definition) is 2. The van der Waals surface area contributed by atoms with Crippen molar-refractivity contribution >= 4 is 23.1 Å². The van der Waals surface area contributed by atoms with Crippen LogP contribution < -0.4 is 10.6 Å². The van der Waals surface area contributed by atoms with Gasteiger partial charge in [-0.1, -0.05) is 43.7 Å². The Bertz CT molecular complexity index is 937. The van der Waals surface area contributed by atoms with Crippen LogP contribution in [0.15, 0.2) is 54.7 Å². The topological polar surface area (TPSA) is 49.8 Å². The van der Waals surface area contributed by atoms with Gasteiger partial charge in [-0.05, 0) is 42.7 Å². The third-order valence-electron chi connectivity index (χ3n) is 4.24. The van der Waals surface area contributed by atoms with Gasteiger partial charge in [0, 0.05) is 17.6 Å². The van der Waals surface area contributed by atoms with E-state index in [1.807, 2.05) is 43.3 Å². The molecule has 1 heterocycles. The van der Waals surface area contributed by atoms with E-state index in [1.165, 1.54) is 5.56 Å². The molecule has 4 nitrogen and oxygen atoms in total. The van der Waals surface area contributed by atoms with Gasteiger partial charge in [0.2, 0.25) is 5.95 Å².